The third-order valence-corrected chi connectivity index (χ3v) is 5.24. The van der Waals surface area contributed by atoms with Gasteiger partial charge < -0.3 is 10.1 Å². The maximum atomic E-state index is 14.0. The first kappa shape index (κ1) is 16.5. The molecule has 0 spiro atoms. The Morgan fingerprint density at radius 2 is 2.14 bits per heavy atom. The summed E-state index contributed by atoms with van der Waals surface area (Å²) >= 11 is 5.33. The minimum atomic E-state index is -0.331. The van der Waals surface area contributed by atoms with Crippen LogP contribution in [0.4, 0.5) is 4.39 Å². The smallest absolute Gasteiger partial charge is 0.165 e. The fourth-order valence-corrected chi connectivity index (χ4v) is 4.19. The molecule has 0 fully saturated rings. The SMILES string of the molecule is CCCNC(c1ccc(OC)c(F)c1)c1sc(C)cc1Br. The van der Waals surface area contributed by atoms with Gasteiger partial charge in [-0.05, 0) is 59.6 Å². The van der Waals surface area contributed by atoms with Crippen LogP contribution in [0.15, 0.2) is 28.7 Å². The summed E-state index contributed by atoms with van der Waals surface area (Å²) in [6.45, 7) is 5.07. The molecule has 0 aliphatic heterocycles. The van der Waals surface area contributed by atoms with Gasteiger partial charge in [0.25, 0.3) is 0 Å². The summed E-state index contributed by atoms with van der Waals surface area (Å²) in [4.78, 5) is 2.40. The van der Waals surface area contributed by atoms with Gasteiger partial charge in [-0.15, -0.1) is 11.3 Å². The van der Waals surface area contributed by atoms with E-state index < -0.39 is 0 Å². The van der Waals surface area contributed by atoms with E-state index >= 15 is 0 Å². The van der Waals surface area contributed by atoms with Crippen molar-refractivity contribution >= 4 is 27.3 Å². The molecule has 21 heavy (non-hydrogen) atoms. The molecular formula is C16H19BrFNOS. The van der Waals surface area contributed by atoms with Crippen LogP contribution in [0.5, 0.6) is 5.75 Å². The fourth-order valence-electron chi connectivity index (χ4n) is 2.21. The first-order valence-corrected chi connectivity index (χ1v) is 8.50. The van der Waals surface area contributed by atoms with E-state index in [1.54, 1.807) is 23.5 Å². The molecule has 0 saturated heterocycles. The van der Waals surface area contributed by atoms with Crippen molar-refractivity contribution in [1.82, 2.24) is 5.32 Å². The number of aryl methyl sites for hydroxylation is 1. The Morgan fingerprint density at radius 3 is 2.67 bits per heavy atom. The summed E-state index contributed by atoms with van der Waals surface area (Å²) in [5.74, 6) is -0.0582. The second-order valence-corrected chi connectivity index (χ2v) is 6.99. The average molecular weight is 372 g/mol. The van der Waals surface area contributed by atoms with Crippen LogP contribution >= 0.6 is 27.3 Å². The lowest BCUT2D eigenvalue weighted by atomic mass is 10.0. The number of hydrogen-bond acceptors (Lipinski definition) is 3. The number of halogens is 2. The Bertz CT molecular complexity index is 614. The third-order valence-electron chi connectivity index (χ3n) is 3.21. The topological polar surface area (TPSA) is 21.3 Å². The predicted molar refractivity (Wildman–Crippen MR) is 89.8 cm³/mol. The number of hydrogen-bond donors (Lipinski definition) is 1. The molecule has 0 bridgehead atoms. The van der Waals surface area contributed by atoms with Gasteiger partial charge in [-0.3, -0.25) is 0 Å². The zero-order valence-corrected chi connectivity index (χ0v) is 14.8. The van der Waals surface area contributed by atoms with Gasteiger partial charge >= 0.3 is 0 Å². The Balaban J connectivity index is 2.40. The Kier molecular flexibility index (Phi) is 5.79. The zero-order valence-electron chi connectivity index (χ0n) is 12.4. The van der Waals surface area contributed by atoms with Crippen molar-refractivity contribution in [3.8, 4) is 5.75 Å². The monoisotopic (exact) mass is 371 g/mol. The second-order valence-electron chi connectivity index (χ2n) is 4.85. The Morgan fingerprint density at radius 1 is 1.38 bits per heavy atom. The highest BCUT2D eigenvalue weighted by atomic mass is 79.9. The van der Waals surface area contributed by atoms with Gasteiger partial charge in [0, 0.05) is 14.2 Å². The molecule has 0 aliphatic rings. The van der Waals surface area contributed by atoms with Crippen LogP contribution < -0.4 is 10.1 Å². The van der Waals surface area contributed by atoms with Crippen LogP contribution in [-0.4, -0.2) is 13.7 Å². The van der Waals surface area contributed by atoms with E-state index in [1.807, 2.05) is 6.07 Å². The second kappa shape index (κ2) is 7.38. The fraction of sp³-hybridized carbons (Fsp3) is 0.375. The quantitative estimate of drug-likeness (QED) is 0.766. The standard InChI is InChI=1S/C16H19BrFNOS/c1-4-7-19-15(16-12(17)8-10(2)21-16)11-5-6-14(20-3)13(18)9-11/h5-6,8-9,15,19H,4,7H2,1-3H3. The molecule has 0 radical (unpaired) electrons. The van der Waals surface area contributed by atoms with Crippen LogP contribution in [0, 0.1) is 12.7 Å². The van der Waals surface area contributed by atoms with Crippen molar-refractivity contribution in [2.24, 2.45) is 0 Å². The summed E-state index contributed by atoms with van der Waals surface area (Å²) in [6.07, 6.45) is 1.02. The molecule has 2 aromatic rings. The van der Waals surface area contributed by atoms with Gasteiger partial charge in [-0.2, -0.15) is 0 Å². The van der Waals surface area contributed by atoms with Crippen molar-refractivity contribution in [2.45, 2.75) is 26.3 Å². The Hall–Kier alpha value is -0.910. The third kappa shape index (κ3) is 3.84. The Labute approximate surface area is 137 Å². The predicted octanol–water partition coefficient (Wildman–Crippen LogP) is 5.06. The van der Waals surface area contributed by atoms with Gasteiger partial charge in [0.2, 0.25) is 0 Å². The average Bonchev–Trinajstić information content (AvgIpc) is 2.78. The van der Waals surface area contributed by atoms with Crippen LogP contribution in [0.3, 0.4) is 0 Å². The van der Waals surface area contributed by atoms with Crippen molar-refractivity contribution in [1.29, 1.82) is 0 Å². The number of ether oxygens (including phenoxy) is 1. The maximum absolute atomic E-state index is 14.0. The number of rotatable bonds is 6. The van der Waals surface area contributed by atoms with Crippen LogP contribution in [0.25, 0.3) is 0 Å². The lowest BCUT2D eigenvalue weighted by molar-refractivity contribution is 0.385. The van der Waals surface area contributed by atoms with Crippen molar-refractivity contribution < 1.29 is 9.13 Å². The molecule has 0 saturated carbocycles. The number of thiophene rings is 1. The summed E-state index contributed by atoms with van der Waals surface area (Å²) in [7, 11) is 1.48. The lowest BCUT2D eigenvalue weighted by Gasteiger charge is -2.19. The van der Waals surface area contributed by atoms with Gasteiger partial charge in [-0.25, -0.2) is 4.39 Å². The number of nitrogens with one attached hydrogen (secondary N) is 1. The van der Waals surface area contributed by atoms with E-state index in [1.165, 1.54) is 16.9 Å². The molecule has 1 aromatic heterocycles. The number of benzene rings is 1. The molecule has 1 unspecified atom stereocenters. The molecule has 5 heteroatoms. The van der Waals surface area contributed by atoms with Crippen molar-refractivity contribution in [3.63, 3.8) is 0 Å². The molecule has 1 atom stereocenters. The maximum Gasteiger partial charge on any atom is 0.165 e. The molecule has 2 nitrogen and oxygen atoms in total. The molecule has 0 amide bonds. The van der Waals surface area contributed by atoms with Crippen molar-refractivity contribution in [2.75, 3.05) is 13.7 Å². The zero-order chi connectivity index (χ0) is 15.4. The summed E-state index contributed by atoms with van der Waals surface area (Å²) in [5.41, 5.74) is 0.907. The highest BCUT2D eigenvalue weighted by molar-refractivity contribution is 9.10. The highest BCUT2D eigenvalue weighted by Gasteiger charge is 2.20. The van der Waals surface area contributed by atoms with Gasteiger partial charge in [0.15, 0.2) is 11.6 Å². The van der Waals surface area contributed by atoms with Crippen LogP contribution in [-0.2, 0) is 0 Å². The highest BCUT2D eigenvalue weighted by Crippen LogP contribution is 2.36. The molecule has 114 valence electrons. The van der Waals surface area contributed by atoms with E-state index in [-0.39, 0.29) is 17.6 Å². The first-order chi connectivity index (χ1) is 10.1. The van der Waals surface area contributed by atoms with Gasteiger partial charge in [0.1, 0.15) is 0 Å². The molecule has 1 N–H and O–H groups in total. The molecule has 1 heterocycles. The van der Waals surface area contributed by atoms with E-state index in [4.69, 9.17) is 4.74 Å². The summed E-state index contributed by atoms with van der Waals surface area (Å²) < 4.78 is 20.1. The molecule has 0 aliphatic carbocycles. The summed E-state index contributed by atoms with van der Waals surface area (Å²) in [6, 6.07) is 7.23. The van der Waals surface area contributed by atoms with E-state index in [0.29, 0.717) is 0 Å². The number of methoxy groups -OCH3 is 1. The largest absolute Gasteiger partial charge is 0.494 e. The molecule has 1 aromatic carbocycles. The van der Waals surface area contributed by atoms with Gasteiger partial charge in [0.05, 0.1) is 13.2 Å². The van der Waals surface area contributed by atoms with E-state index in [2.05, 4.69) is 41.2 Å². The van der Waals surface area contributed by atoms with Crippen LogP contribution in [0.2, 0.25) is 0 Å². The first-order valence-electron chi connectivity index (χ1n) is 6.89. The van der Waals surface area contributed by atoms with E-state index in [9.17, 15) is 4.39 Å². The lowest BCUT2D eigenvalue weighted by Crippen LogP contribution is -2.22. The molecular weight excluding hydrogens is 353 g/mol. The summed E-state index contributed by atoms with van der Waals surface area (Å²) in [5, 5.41) is 3.49. The normalized spacial score (nSPS) is 12.4. The molecule has 2 rings (SSSR count). The van der Waals surface area contributed by atoms with E-state index in [0.717, 1.165) is 23.0 Å². The minimum absolute atomic E-state index is 0.0153. The van der Waals surface area contributed by atoms with Crippen molar-refractivity contribution in [3.05, 3.63) is 49.9 Å². The minimum Gasteiger partial charge on any atom is -0.494 e. The van der Waals surface area contributed by atoms with Gasteiger partial charge in [-0.1, -0.05) is 13.0 Å². The van der Waals surface area contributed by atoms with Crippen LogP contribution in [0.1, 0.15) is 34.7 Å².